The van der Waals surface area contributed by atoms with Gasteiger partial charge in [0.1, 0.15) is 27.9 Å². The minimum Gasteiger partial charge on any atom is -0.459 e. The zero-order valence-corrected chi connectivity index (χ0v) is 15.7. The summed E-state index contributed by atoms with van der Waals surface area (Å²) in [4.78, 5) is 23.2. The van der Waals surface area contributed by atoms with Crippen LogP contribution in [0.15, 0.2) is 0 Å². The zero-order valence-electron chi connectivity index (χ0n) is 15.7. The Bertz CT molecular complexity index is 466. The van der Waals surface area contributed by atoms with E-state index in [0.29, 0.717) is 13.0 Å². The van der Waals surface area contributed by atoms with E-state index in [1.807, 2.05) is 15.7 Å². The topological polar surface area (TPSA) is 83.1 Å². The number of hydrogen-bond donors (Lipinski definition) is 1. The zero-order chi connectivity index (χ0) is 18.4. The lowest BCUT2D eigenvalue weighted by Gasteiger charge is -2.22. The lowest BCUT2D eigenvalue weighted by molar-refractivity contribution is -0.155. The van der Waals surface area contributed by atoms with E-state index in [0.717, 1.165) is 12.8 Å². The highest BCUT2D eigenvalue weighted by Crippen LogP contribution is 2.27. The predicted octanol–water partition coefficient (Wildman–Crippen LogP) is -1.28. The second-order valence-electron chi connectivity index (χ2n) is 6.90. The van der Waals surface area contributed by atoms with E-state index < -0.39 is 0 Å². The maximum absolute atomic E-state index is 11.9. The van der Waals surface area contributed by atoms with Crippen LogP contribution in [0.25, 0.3) is 0 Å². The lowest BCUT2D eigenvalue weighted by Crippen LogP contribution is -2.35. The third kappa shape index (κ3) is 6.01. The summed E-state index contributed by atoms with van der Waals surface area (Å²) in [5.74, 6) is -0.548. The summed E-state index contributed by atoms with van der Waals surface area (Å²) in [6.07, 6.45) is 2.42. The van der Waals surface area contributed by atoms with Gasteiger partial charge >= 0.3 is 5.97 Å². The van der Waals surface area contributed by atoms with Gasteiger partial charge in [-0.1, -0.05) is 6.92 Å². The first kappa shape index (κ1) is 20.3. The Hall–Kier alpha value is -1.05. The van der Waals surface area contributed by atoms with Gasteiger partial charge in [0.15, 0.2) is 0 Å². The summed E-state index contributed by atoms with van der Waals surface area (Å²) in [6, 6.07) is 0.0864. The van der Waals surface area contributed by atoms with Crippen LogP contribution in [0.5, 0.6) is 0 Å². The van der Waals surface area contributed by atoms with Crippen LogP contribution >= 0.6 is 0 Å². The molecule has 6 atom stereocenters. The highest BCUT2D eigenvalue weighted by Gasteiger charge is 2.38. The molecular weight excluding hydrogens is 324 g/mol. The molecule has 1 N–H and O–H groups in total. The maximum Gasteiger partial charge on any atom is 0.306 e. The summed E-state index contributed by atoms with van der Waals surface area (Å²) < 4.78 is 23.2. The molecule has 2 heterocycles. The largest absolute Gasteiger partial charge is 0.459 e. The molecule has 1 unspecified atom stereocenters. The molecule has 0 bridgehead atoms. The molecule has 0 saturated carbocycles. The van der Waals surface area contributed by atoms with E-state index in [-0.39, 0.29) is 61.1 Å². The number of rotatable bonds is 8. The Labute approximate surface area is 151 Å². The molecule has 0 radical (unpaired) electrons. The molecule has 9 heteroatoms. The number of nitrogens with one attached hydrogen (secondary N) is 1. The Morgan fingerprint density at radius 3 is 2.56 bits per heavy atom. The van der Waals surface area contributed by atoms with Crippen molar-refractivity contribution in [2.24, 2.45) is 0 Å². The number of amides is 1. The second-order valence-corrected chi connectivity index (χ2v) is 6.90. The van der Waals surface area contributed by atoms with Crippen LogP contribution < -0.4 is 5.32 Å². The fraction of sp³-hybridized carbons (Fsp3) is 0.875. The van der Waals surface area contributed by atoms with Gasteiger partial charge in [-0.05, 0) is 6.42 Å². The van der Waals surface area contributed by atoms with Gasteiger partial charge in [0.2, 0.25) is 5.91 Å². The molecule has 0 spiro atoms. The van der Waals surface area contributed by atoms with Gasteiger partial charge in [-0.2, -0.15) is 0 Å². The number of carbonyl (C=O) groups is 2. The Morgan fingerprint density at radius 2 is 1.92 bits per heavy atom. The van der Waals surface area contributed by atoms with E-state index in [1.165, 1.54) is 0 Å². The van der Waals surface area contributed by atoms with Gasteiger partial charge in [0, 0.05) is 32.3 Å². The molecule has 7 nitrogen and oxygen atoms in total. The van der Waals surface area contributed by atoms with E-state index >= 15 is 0 Å². The molecule has 0 aliphatic carbocycles. The molecule has 0 aromatic heterocycles. The molecule has 2 rings (SSSR count). The van der Waals surface area contributed by atoms with Crippen LogP contribution in [-0.4, -0.2) is 77.6 Å². The van der Waals surface area contributed by atoms with Crippen LogP contribution in [0.1, 0.15) is 39.0 Å². The lowest BCUT2D eigenvalue weighted by atomic mass is 9.94. The average molecular weight is 353 g/mol. The summed E-state index contributed by atoms with van der Waals surface area (Å²) >= 11 is 0. The average Bonchev–Trinajstić information content (AvgIpc) is 3.12. The molecule has 25 heavy (non-hydrogen) atoms. The smallest absolute Gasteiger partial charge is 0.306 e. The standard InChI is InChI=1S/C16H29B2NO6/c1-3-9-6-11(16(18)23-9)22-8-12-10(7-13(17)24-12)25-15(21)5-4-14(20)19-2/h9-13,16H,3-8,17-18H2,1-2H3,(H,19,20)/t9-,10-,11?,12-,13-,16-/m1/s1. The molecule has 0 aromatic rings. The van der Waals surface area contributed by atoms with Crippen LogP contribution in [0, 0.1) is 0 Å². The van der Waals surface area contributed by atoms with Crippen molar-refractivity contribution in [1.82, 2.24) is 5.32 Å². The maximum atomic E-state index is 11.9. The van der Waals surface area contributed by atoms with Gasteiger partial charge in [-0.25, -0.2) is 0 Å². The van der Waals surface area contributed by atoms with Crippen molar-refractivity contribution in [3.8, 4) is 0 Å². The minimum atomic E-state index is -0.375. The number of ether oxygens (including phenoxy) is 4. The Balaban J connectivity index is 1.78. The van der Waals surface area contributed by atoms with E-state index in [1.54, 1.807) is 7.05 Å². The Morgan fingerprint density at radius 1 is 1.16 bits per heavy atom. The van der Waals surface area contributed by atoms with Gasteiger partial charge in [0.05, 0.1) is 31.2 Å². The van der Waals surface area contributed by atoms with Crippen molar-refractivity contribution in [3.63, 3.8) is 0 Å². The fourth-order valence-corrected chi connectivity index (χ4v) is 3.34. The molecule has 2 fully saturated rings. The Kier molecular flexibility index (Phi) is 7.78. The summed E-state index contributed by atoms with van der Waals surface area (Å²) in [6.45, 7) is 2.49. The predicted molar refractivity (Wildman–Crippen MR) is 96.9 cm³/mol. The third-order valence-corrected chi connectivity index (χ3v) is 4.86. The molecule has 0 aromatic carbocycles. The van der Waals surface area contributed by atoms with E-state index in [9.17, 15) is 9.59 Å². The summed E-state index contributed by atoms with van der Waals surface area (Å²) in [5.41, 5.74) is 0. The fourth-order valence-electron chi connectivity index (χ4n) is 3.34. The van der Waals surface area contributed by atoms with Crippen LogP contribution in [-0.2, 0) is 28.5 Å². The first-order chi connectivity index (χ1) is 11.9. The quantitative estimate of drug-likeness (QED) is 0.432. The highest BCUT2D eigenvalue weighted by atomic mass is 16.6. The van der Waals surface area contributed by atoms with Crippen LogP contribution in [0.2, 0.25) is 0 Å². The SMILES string of the molecule is B[C@@H]1O[C@H](CC)CC1OC[C@H]1O[C@@H](B)C[C@H]1OC(=O)CCC(=O)NC. The van der Waals surface area contributed by atoms with Crippen molar-refractivity contribution in [1.29, 1.82) is 0 Å². The van der Waals surface area contributed by atoms with Crippen molar-refractivity contribution in [2.75, 3.05) is 13.7 Å². The van der Waals surface area contributed by atoms with Crippen LogP contribution in [0.4, 0.5) is 0 Å². The third-order valence-electron chi connectivity index (χ3n) is 4.86. The minimum absolute atomic E-state index is 0.0194. The monoisotopic (exact) mass is 353 g/mol. The van der Waals surface area contributed by atoms with Crippen LogP contribution in [0.3, 0.4) is 0 Å². The number of esters is 1. The van der Waals surface area contributed by atoms with Crippen molar-refractivity contribution >= 4 is 27.6 Å². The van der Waals surface area contributed by atoms with E-state index in [4.69, 9.17) is 18.9 Å². The van der Waals surface area contributed by atoms with Gasteiger partial charge < -0.3 is 24.3 Å². The van der Waals surface area contributed by atoms with Gasteiger partial charge in [-0.3, -0.25) is 9.59 Å². The van der Waals surface area contributed by atoms with Gasteiger partial charge in [-0.15, -0.1) is 0 Å². The summed E-state index contributed by atoms with van der Waals surface area (Å²) in [7, 11) is 5.53. The van der Waals surface area contributed by atoms with Crippen molar-refractivity contribution in [3.05, 3.63) is 0 Å². The second kappa shape index (κ2) is 9.59. The van der Waals surface area contributed by atoms with Gasteiger partial charge in [0.25, 0.3) is 0 Å². The first-order valence-corrected chi connectivity index (χ1v) is 9.25. The molecule has 2 aliphatic rings. The van der Waals surface area contributed by atoms with Crippen molar-refractivity contribution in [2.45, 2.75) is 75.5 Å². The molecule has 1 amide bonds. The highest BCUT2D eigenvalue weighted by molar-refractivity contribution is 6.11. The normalized spacial score (nSPS) is 34.8. The summed E-state index contributed by atoms with van der Waals surface area (Å²) in [5, 5.41) is 2.49. The van der Waals surface area contributed by atoms with Crippen molar-refractivity contribution < 1.29 is 28.5 Å². The molecule has 2 aliphatic heterocycles. The molecular formula is C16H29B2NO6. The molecule has 140 valence electrons. The van der Waals surface area contributed by atoms with E-state index in [2.05, 4.69) is 12.2 Å². The number of hydrogen-bond acceptors (Lipinski definition) is 6. The molecule has 2 saturated heterocycles. The number of carbonyl (C=O) groups excluding carboxylic acids is 2. The first-order valence-electron chi connectivity index (χ1n) is 9.25.